The standard InChI is InChI=1S/C16H20N2O3/c19-16(20)12-18-7-3-6-17(8-9-18)11-14-10-13-4-1-2-5-15(13)21-14/h1-2,4-5,10H,3,6-9,11-12H2,(H,19,20). The Morgan fingerprint density at radius 2 is 1.90 bits per heavy atom. The van der Waals surface area contributed by atoms with Crippen molar-refractivity contribution in [3.63, 3.8) is 0 Å². The molecule has 0 amide bonds. The molecule has 5 nitrogen and oxygen atoms in total. The lowest BCUT2D eigenvalue weighted by atomic mass is 10.2. The predicted octanol–water partition coefficient (Wildman–Crippen LogP) is 2.03. The predicted molar refractivity (Wildman–Crippen MR) is 80.2 cm³/mol. The van der Waals surface area contributed by atoms with Gasteiger partial charge in [0.05, 0.1) is 13.1 Å². The Kier molecular flexibility index (Phi) is 4.22. The number of aliphatic carboxylic acids is 1. The van der Waals surface area contributed by atoms with Crippen molar-refractivity contribution in [2.45, 2.75) is 13.0 Å². The lowest BCUT2D eigenvalue weighted by molar-refractivity contribution is -0.138. The Morgan fingerprint density at radius 3 is 2.71 bits per heavy atom. The van der Waals surface area contributed by atoms with Gasteiger partial charge in [-0.05, 0) is 25.1 Å². The summed E-state index contributed by atoms with van der Waals surface area (Å²) in [5.41, 5.74) is 0.926. The number of fused-ring (bicyclic) bond motifs is 1. The third-order valence-corrected chi connectivity index (χ3v) is 3.90. The number of furan rings is 1. The highest BCUT2D eigenvalue weighted by Gasteiger charge is 2.17. The van der Waals surface area contributed by atoms with E-state index >= 15 is 0 Å². The van der Waals surface area contributed by atoms with Crippen LogP contribution in [-0.2, 0) is 11.3 Å². The highest BCUT2D eigenvalue weighted by molar-refractivity contribution is 5.77. The minimum atomic E-state index is -0.749. The molecule has 1 aliphatic heterocycles. The summed E-state index contributed by atoms with van der Waals surface area (Å²) >= 11 is 0. The molecular formula is C16H20N2O3. The second-order valence-electron chi connectivity index (χ2n) is 5.55. The van der Waals surface area contributed by atoms with Crippen molar-refractivity contribution in [2.24, 2.45) is 0 Å². The van der Waals surface area contributed by atoms with Crippen molar-refractivity contribution in [1.29, 1.82) is 0 Å². The molecule has 1 aromatic heterocycles. The fourth-order valence-electron chi connectivity index (χ4n) is 2.87. The Labute approximate surface area is 123 Å². The molecule has 0 atom stereocenters. The van der Waals surface area contributed by atoms with E-state index in [2.05, 4.69) is 17.0 Å². The zero-order valence-corrected chi connectivity index (χ0v) is 12.0. The molecule has 5 heteroatoms. The summed E-state index contributed by atoms with van der Waals surface area (Å²) in [5, 5.41) is 10.0. The SMILES string of the molecule is O=C(O)CN1CCCN(Cc2cc3ccccc3o2)CC1. The first-order chi connectivity index (χ1) is 10.2. The summed E-state index contributed by atoms with van der Waals surface area (Å²) in [4.78, 5) is 15.1. The van der Waals surface area contributed by atoms with E-state index in [1.807, 2.05) is 23.1 Å². The molecule has 112 valence electrons. The van der Waals surface area contributed by atoms with E-state index in [-0.39, 0.29) is 6.54 Å². The number of rotatable bonds is 4. The second kappa shape index (κ2) is 6.28. The smallest absolute Gasteiger partial charge is 0.317 e. The van der Waals surface area contributed by atoms with E-state index < -0.39 is 5.97 Å². The zero-order valence-electron chi connectivity index (χ0n) is 12.0. The first kappa shape index (κ1) is 14.1. The molecule has 0 saturated carbocycles. The van der Waals surface area contributed by atoms with Gasteiger partial charge in [-0.25, -0.2) is 0 Å². The highest BCUT2D eigenvalue weighted by atomic mass is 16.4. The molecule has 0 bridgehead atoms. The number of hydrogen-bond acceptors (Lipinski definition) is 4. The van der Waals surface area contributed by atoms with E-state index in [1.54, 1.807) is 0 Å². The number of benzene rings is 1. The molecule has 1 aromatic carbocycles. The van der Waals surface area contributed by atoms with Crippen LogP contribution in [0.1, 0.15) is 12.2 Å². The monoisotopic (exact) mass is 288 g/mol. The molecule has 2 heterocycles. The molecule has 1 fully saturated rings. The average molecular weight is 288 g/mol. The molecular weight excluding hydrogens is 268 g/mol. The zero-order chi connectivity index (χ0) is 14.7. The van der Waals surface area contributed by atoms with Gasteiger partial charge in [-0.15, -0.1) is 0 Å². The van der Waals surface area contributed by atoms with Crippen LogP contribution in [0.2, 0.25) is 0 Å². The molecule has 1 N–H and O–H groups in total. The van der Waals surface area contributed by atoms with Crippen LogP contribution in [0.3, 0.4) is 0 Å². The minimum Gasteiger partial charge on any atom is -0.480 e. The Balaban J connectivity index is 1.61. The normalized spacial score (nSPS) is 17.9. The van der Waals surface area contributed by atoms with E-state index in [1.165, 1.54) is 0 Å². The molecule has 0 unspecified atom stereocenters. The first-order valence-electron chi connectivity index (χ1n) is 7.35. The quantitative estimate of drug-likeness (QED) is 0.933. The van der Waals surface area contributed by atoms with Gasteiger partial charge in [-0.2, -0.15) is 0 Å². The molecule has 0 spiro atoms. The lowest BCUT2D eigenvalue weighted by Crippen LogP contribution is -2.33. The van der Waals surface area contributed by atoms with Crippen LogP contribution in [0.4, 0.5) is 0 Å². The molecule has 1 saturated heterocycles. The van der Waals surface area contributed by atoms with E-state index in [0.29, 0.717) is 0 Å². The maximum Gasteiger partial charge on any atom is 0.317 e. The lowest BCUT2D eigenvalue weighted by Gasteiger charge is -2.19. The maximum atomic E-state index is 10.8. The van der Waals surface area contributed by atoms with Crippen LogP contribution >= 0.6 is 0 Å². The number of carboxylic acid groups (broad SMARTS) is 1. The third kappa shape index (κ3) is 3.62. The van der Waals surface area contributed by atoms with Crippen molar-refractivity contribution >= 4 is 16.9 Å². The van der Waals surface area contributed by atoms with Gasteiger partial charge in [-0.3, -0.25) is 14.6 Å². The van der Waals surface area contributed by atoms with Gasteiger partial charge in [0, 0.05) is 25.0 Å². The third-order valence-electron chi connectivity index (χ3n) is 3.90. The van der Waals surface area contributed by atoms with Gasteiger partial charge < -0.3 is 9.52 Å². The number of carbonyl (C=O) groups is 1. The number of para-hydroxylation sites is 1. The molecule has 2 aromatic rings. The van der Waals surface area contributed by atoms with Crippen LogP contribution in [0.15, 0.2) is 34.7 Å². The van der Waals surface area contributed by atoms with Gasteiger partial charge in [0.15, 0.2) is 0 Å². The van der Waals surface area contributed by atoms with Crippen molar-refractivity contribution in [2.75, 3.05) is 32.7 Å². The maximum absolute atomic E-state index is 10.8. The minimum absolute atomic E-state index is 0.137. The van der Waals surface area contributed by atoms with Crippen molar-refractivity contribution in [1.82, 2.24) is 9.80 Å². The summed E-state index contributed by atoms with van der Waals surface area (Å²) in [6.07, 6.45) is 0.994. The van der Waals surface area contributed by atoms with Gasteiger partial charge in [0.1, 0.15) is 11.3 Å². The second-order valence-corrected chi connectivity index (χ2v) is 5.55. The summed E-state index contributed by atoms with van der Waals surface area (Å²) in [7, 11) is 0. The molecule has 0 radical (unpaired) electrons. The number of hydrogen-bond donors (Lipinski definition) is 1. The van der Waals surface area contributed by atoms with Crippen molar-refractivity contribution in [3.05, 3.63) is 36.1 Å². The molecule has 1 aliphatic rings. The summed E-state index contributed by atoms with van der Waals surface area (Å²) in [6, 6.07) is 10.1. The molecule has 21 heavy (non-hydrogen) atoms. The Bertz CT molecular complexity index is 590. The first-order valence-corrected chi connectivity index (χ1v) is 7.35. The Hall–Kier alpha value is -1.85. The van der Waals surface area contributed by atoms with Crippen molar-refractivity contribution < 1.29 is 14.3 Å². The fourth-order valence-corrected chi connectivity index (χ4v) is 2.87. The van der Waals surface area contributed by atoms with Gasteiger partial charge >= 0.3 is 5.97 Å². The van der Waals surface area contributed by atoms with E-state index in [0.717, 1.165) is 55.9 Å². The molecule has 3 rings (SSSR count). The van der Waals surface area contributed by atoms with Crippen LogP contribution in [0.25, 0.3) is 11.0 Å². The summed E-state index contributed by atoms with van der Waals surface area (Å²) in [6.45, 7) is 4.43. The van der Waals surface area contributed by atoms with E-state index in [4.69, 9.17) is 9.52 Å². The fraction of sp³-hybridized carbons (Fsp3) is 0.438. The highest BCUT2D eigenvalue weighted by Crippen LogP contribution is 2.20. The van der Waals surface area contributed by atoms with Gasteiger partial charge in [0.2, 0.25) is 0 Å². The van der Waals surface area contributed by atoms with Gasteiger partial charge in [0.25, 0.3) is 0 Å². The van der Waals surface area contributed by atoms with Crippen LogP contribution < -0.4 is 0 Å². The summed E-state index contributed by atoms with van der Waals surface area (Å²) in [5.74, 6) is 0.226. The topological polar surface area (TPSA) is 56.9 Å². The van der Waals surface area contributed by atoms with Crippen molar-refractivity contribution in [3.8, 4) is 0 Å². The van der Waals surface area contributed by atoms with Crippen LogP contribution in [-0.4, -0.2) is 53.6 Å². The van der Waals surface area contributed by atoms with Crippen LogP contribution in [0, 0.1) is 0 Å². The van der Waals surface area contributed by atoms with E-state index in [9.17, 15) is 4.79 Å². The largest absolute Gasteiger partial charge is 0.480 e. The van der Waals surface area contributed by atoms with Crippen LogP contribution in [0.5, 0.6) is 0 Å². The average Bonchev–Trinajstić information content (AvgIpc) is 2.73. The molecule has 0 aliphatic carbocycles. The summed E-state index contributed by atoms with van der Waals surface area (Å²) < 4.78 is 5.85. The number of nitrogens with zero attached hydrogens (tertiary/aromatic N) is 2. The number of carboxylic acids is 1. The Morgan fingerprint density at radius 1 is 1.14 bits per heavy atom. The van der Waals surface area contributed by atoms with Gasteiger partial charge in [-0.1, -0.05) is 18.2 Å².